The van der Waals surface area contributed by atoms with Gasteiger partial charge in [-0.2, -0.15) is 0 Å². The standard InChI is InChI=1S/C15H19N3O2/c1-10(2)4-3-7-16-14-12-6-5-11(15(19)20)8-13(12)17-9-18-14/h5-6,8-10H,3-4,7H2,1-2H3,(H,19,20)(H,16,17,18). The minimum atomic E-state index is -0.947. The van der Waals surface area contributed by atoms with Crippen LogP contribution in [0.4, 0.5) is 5.82 Å². The summed E-state index contributed by atoms with van der Waals surface area (Å²) in [4.78, 5) is 19.3. The molecule has 106 valence electrons. The fraction of sp³-hybridized carbons (Fsp3) is 0.400. The van der Waals surface area contributed by atoms with Gasteiger partial charge in [-0.1, -0.05) is 13.8 Å². The van der Waals surface area contributed by atoms with Gasteiger partial charge in [0.1, 0.15) is 12.1 Å². The lowest BCUT2D eigenvalue weighted by molar-refractivity contribution is 0.0697. The summed E-state index contributed by atoms with van der Waals surface area (Å²) in [5, 5.41) is 13.1. The van der Waals surface area contributed by atoms with Crippen molar-refractivity contribution in [3.8, 4) is 0 Å². The summed E-state index contributed by atoms with van der Waals surface area (Å²) in [5.74, 6) is 0.504. The fourth-order valence-electron chi connectivity index (χ4n) is 2.05. The van der Waals surface area contributed by atoms with E-state index in [9.17, 15) is 4.79 Å². The topological polar surface area (TPSA) is 75.1 Å². The second kappa shape index (κ2) is 6.32. The molecule has 0 atom stereocenters. The van der Waals surface area contributed by atoms with E-state index in [1.54, 1.807) is 18.2 Å². The maximum absolute atomic E-state index is 10.9. The molecule has 0 unspecified atom stereocenters. The van der Waals surface area contributed by atoms with Crippen LogP contribution >= 0.6 is 0 Å². The molecule has 0 aliphatic rings. The molecule has 0 aliphatic heterocycles. The molecule has 2 rings (SSSR count). The summed E-state index contributed by atoms with van der Waals surface area (Å²) in [6.45, 7) is 5.26. The Morgan fingerprint density at radius 3 is 2.85 bits per heavy atom. The van der Waals surface area contributed by atoms with Gasteiger partial charge in [-0.25, -0.2) is 14.8 Å². The SMILES string of the molecule is CC(C)CCCNc1ncnc2cc(C(=O)O)ccc12. The van der Waals surface area contributed by atoms with Gasteiger partial charge < -0.3 is 10.4 Å². The third-order valence-corrected chi connectivity index (χ3v) is 3.13. The van der Waals surface area contributed by atoms with Crippen LogP contribution < -0.4 is 5.32 Å². The van der Waals surface area contributed by atoms with Gasteiger partial charge in [0.25, 0.3) is 0 Å². The second-order valence-electron chi connectivity index (χ2n) is 5.22. The number of benzene rings is 1. The minimum absolute atomic E-state index is 0.238. The Morgan fingerprint density at radius 2 is 2.15 bits per heavy atom. The van der Waals surface area contributed by atoms with Crippen molar-refractivity contribution in [1.82, 2.24) is 9.97 Å². The minimum Gasteiger partial charge on any atom is -0.478 e. The van der Waals surface area contributed by atoms with Crippen LogP contribution in [0.25, 0.3) is 10.9 Å². The molecule has 20 heavy (non-hydrogen) atoms. The van der Waals surface area contributed by atoms with Gasteiger partial charge in [0, 0.05) is 11.9 Å². The third-order valence-electron chi connectivity index (χ3n) is 3.13. The summed E-state index contributed by atoms with van der Waals surface area (Å²) in [7, 11) is 0. The number of rotatable bonds is 6. The Balaban J connectivity index is 2.15. The largest absolute Gasteiger partial charge is 0.478 e. The fourth-order valence-corrected chi connectivity index (χ4v) is 2.05. The van der Waals surface area contributed by atoms with E-state index in [-0.39, 0.29) is 5.56 Å². The van der Waals surface area contributed by atoms with Crippen LogP contribution in [0.5, 0.6) is 0 Å². The number of hydrogen-bond donors (Lipinski definition) is 2. The van der Waals surface area contributed by atoms with Crippen molar-refractivity contribution < 1.29 is 9.90 Å². The molecule has 0 saturated heterocycles. The molecule has 1 aromatic heterocycles. The average Bonchev–Trinajstić information content (AvgIpc) is 2.42. The molecule has 0 fully saturated rings. The molecule has 1 heterocycles. The number of aromatic carboxylic acids is 1. The van der Waals surface area contributed by atoms with Gasteiger partial charge in [-0.15, -0.1) is 0 Å². The first-order valence-electron chi connectivity index (χ1n) is 6.80. The number of fused-ring (bicyclic) bond motifs is 1. The lowest BCUT2D eigenvalue weighted by Gasteiger charge is -2.09. The Labute approximate surface area is 118 Å². The molecular formula is C15H19N3O2. The van der Waals surface area contributed by atoms with Crippen molar-refractivity contribution in [2.75, 3.05) is 11.9 Å². The van der Waals surface area contributed by atoms with Crippen LogP contribution in [0.15, 0.2) is 24.5 Å². The van der Waals surface area contributed by atoms with Crippen molar-refractivity contribution in [3.63, 3.8) is 0 Å². The molecule has 5 nitrogen and oxygen atoms in total. The zero-order chi connectivity index (χ0) is 14.5. The van der Waals surface area contributed by atoms with Gasteiger partial charge in [0.15, 0.2) is 0 Å². The van der Waals surface area contributed by atoms with Gasteiger partial charge in [0.05, 0.1) is 11.1 Å². The molecule has 0 radical (unpaired) electrons. The van der Waals surface area contributed by atoms with E-state index in [1.165, 1.54) is 12.7 Å². The van der Waals surface area contributed by atoms with E-state index in [2.05, 4.69) is 29.1 Å². The number of anilines is 1. The number of carboxylic acid groups (broad SMARTS) is 1. The van der Waals surface area contributed by atoms with Crippen molar-refractivity contribution in [2.24, 2.45) is 5.92 Å². The number of nitrogens with one attached hydrogen (secondary N) is 1. The van der Waals surface area contributed by atoms with Gasteiger partial charge in [-0.05, 0) is 37.0 Å². The molecule has 0 spiro atoms. The Morgan fingerprint density at radius 1 is 1.35 bits per heavy atom. The number of hydrogen-bond acceptors (Lipinski definition) is 4. The van der Waals surface area contributed by atoms with Crippen molar-refractivity contribution in [3.05, 3.63) is 30.1 Å². The van der Waals surface area contributed by atoms with Gasteiger partial charge in [-0.3, -0.25) is 0 Å². The maximum atomic E-state index is 10.9. The zero-order valence-corrected chi connectivity index (χ0v) is 11.8. The Hall–Kier alpha value is -2.17. The lowest BCUT2D eigenvalue weighted by atomic mass is 10.1. The number of carbonyl (C=O) groups is 1. The van der Waals surface area contributed by atoms with E-state index < -0.39 is 5.97 Å². The second-order valence-corrected chi connectivity index (χ2v) is 5.22. The monoisotopic (exact) mass is 273 g/mol. The van der Waals surface area contributed by atoms with Crippen LogP contribution in [0, 0.1) is 5.92 Å². The summed E-state index contributed by atoms with van der Waals surface area (Å²) in [6.07, 6.45) is 3.70. The van der Waals surface area contributed by atoms with E-state index in [1.807, 2.05) is 0 Å². The number of aromatic nitrogens is 2. The van der Waals surface area contributed by atoms with Crippen LogP contribution in [0.2, 0.25) is 0 Å². The molecule has 1 aromatic carbocycles. The summed E-state index contributed by atoms with van der Waals surface area (Å²) in [6, 6.07) is 4.90. The normalized spacial score (nSPS) is 10.9. The smallest absolute Gasteiger partial charge is 0.335 e. The zero-order valence-electron chi connectivity index (χ0n) is 11.8. The van der Waals surface area contributed by atoms with Crippen LogP contribution in [0.3, 0.4) is 0 Å². The van der Waals surface area contributed by atoms with Gasteiger partial charge in [0.2, 0.25) is 0 Å². The van der Waals surface area contributed by atoms with E-state index in [4.69, 9.17) is 5.11 Å². The molecule has 5 heteroatoms. The van der Waals surface area contributed by atoms with Gasteiger partial charge >= 0.3 is 5.97 Å². The number of nitrogens with zero attached hydrogens (tertiary/aromatic N) is 2. The Bertz CT molecular complexity index is 611. The highest BCUT2D eigenvalue weighted by atomic mass is 16.4. The molecule has 0 aliphatic carbocycles. The summed E-state index contributed by atoms with van der Waals surface area (Å²) >= 11 is 0. The van der Waals surface area contributed by atoms with Crippen molar-refractivity contribution in [1.29, 1.82) is 0 Å². The highest BCUT2D eigenvalue weighted by molar-refractivity contribution is 5.96. The first-order valence-corrected chi connectivity index (χ1v) is 6.80. The molecule has 0 saturated carbocycles. The maximum Gasteiger partial charge on any atom is 0.335 e. The molecule has 2 aromatic rings. The van der Waals surface area contributed by atoms with Crippen molar-refractivity contribution in [2.45, 2.75) is 26.7 Å². The molecular weight excluding hydrogens is 254 g/mol. The Kier molecular flexibility index (Phi) is 4.50. The highest BCUT2D eigenvalue weighted by Gasteiger charge is 2.07. The first kappa shape index (κ1) is 14.2. The first-order chi connectivity index (χ1) is 9.58. The predicted octanol–water partition coefficient (Wildman–Crippen LogP) is 3.18. The summed E-state index contributed by atoms with van der Waals surface area (Å²) < 4.78 is 0. The van der Waals surface area contributed by atoms with Crippen LogP contribution in [-0.2, 0) is 0 Å². The van der Waals surface area contributed by atoms with Crippen LogP contribution in [-0.4, -0.2) is 27.6 Å². The third kappa shape index (κ3) is 3.44. The molecule has 2 N–H and O–H groups in total. The number of carboxylic acids is 1. The van der Waals surface area contributed by atoms with Crippen LogP contribution in [0.1, 0.15) is 37.0 Å². The van der Waals surface area contributed by atoms with E-state index >= 15 is 0 Å². The van der Waals surface area contributed by atoms with E-state index in [0.717, 1.165) is 24.2 Å². The average molecular weight is 273 g/mol. The van der Waals surface area contributed by atoms with Crippen molar-refractivity contribution >= 4 is 22.7 Å². The predicted molar refractivity (Wildman–Crippen MR) is 79.1 cm³/mol. The quantitative estimate of drug-likeness (QED) is 0.791. The molecule has 0 bridgehead atoms. The van der Waals surface area contributed by atoms with E-state index in [0.29, 0.717) is 11.4 Å². The highest BCUT2D eigenvalue weighted by Crippen LogP contribution is 2.20. The lowest BCUT2D eigenvalue weighted by Crippen LogP contribution is -2.06. The molecule has 0 amide bonds. The summed E-state index contributed by atoms with van der Waals surface area (Å²) in [5.41, 5.74) is 0.883.